The standard InChI is InChI=1S/C29H33N3O2/c1-22-15-17-24(18-16-22)27(28(33)31-25-12-6-3-7-13-25)32(21-19-23-10-4-2-5-11-23)29(34)26-14-8-9-20-30-26/h2,4-5,8-11,14-18,20,25,27H,3,6-7,12-13,19,21H2,1H3,(H,31,33)/t27-/m1/s1. The molecule has 1 heterocycles. The van der Waals surface area contributed by atoms with Gasteiger partial charge < -0.3 is 10.2 Å². The van der Waals surface area contributed by atoms with Crippen molar-refractivity contribution in [2.24, 2.45) is 0 Å². The topological polar surface area (TPSA) is 62.3 Å². The smallest absolute Gasteiger partial charge is 0.273 e. The van der Waals surface area contributed by atoms with Crippen molar-refractivity contribution < 1.29 is 9.59 Å². The van der Waals surface area contributed by atoms with Gasteiger partial charge in [0.05, 0.1) is 0 Å². The number of nitrogens with one attached hydrogen (secondary N) is 1. The van der Waals surface area contributed by atoms with Crippen LogP contribution < -0.4 is 5.32 Å². The number of pyridine rings is 1. The van der Waals surface area contributed by atoms with Crippen molar-refractivity contribution in [1.82, 2.24) is 15.2 Å². The SMILES string of the molecule is Cc1ccc([C@H](C(=O)NC2CCCCC2)N(CCc2ccccc2)C(=O)c2ccccn2)cc1. The zero-order valence-corrected chi connectivity index (χ0v) is 19.8. The van der Waals surface area contributed by atoms with Crippen molar-refractivity contribution in [2.45, 2.75) is 57.5 Å². The fraction of sp³-hybridized carbons (Fsp3) is 0.345. The average Bonchev–Trinajstić information content (AvgIpc) is 2.88. The molecule has 1 aliphatic carbocycles. The van der Waals surface area contributed by atoms with E-state index in [1.54, 1.807) is 29.3 Å². The number of hydrogen-bond donors (Lipinski definition) is 1. The molecule has 0 bridgehead atoms. The van der Waals surface area contributed by atoms with Gasteiger partial charge in [-0.05, 0) is 49.4 Å². The predicted octanol–water partition coefficient (Wildman–Crippen LogP) is 5.27. The maximum atomic E-state index is 13.8. The van der Waals surface area contributed by atoms with E-state index in [0.29, 0.717) is 18.7 Å². The van der Waals surface area contributed by atoms with Crippen LogP contribution in [0, 0.1) is 6.92 Å². The molecule has 1 fully saturated rings. The third-order valence-electron chi connectivity index (χ3n) is 6.53. The van der Waals surface area contributed by atoms with E-state index in [9.17, 15) is 9.59 Å². The highest BCUT2D eigenvalue weighted by Crippen LogP contribution is 2.26. The Hall–Kier alpha value is -3.47. The molecule has 5 heteroatoms. The van der Waals surface area contributed by atoms with Gasteiger partial charge in [0, 0.05) is 18.8 Å². The minimum Gasteiger partial charge on any atom is -0.351 e. The third kappa shape index (κ3) is 6.10. The molecule has 3 aromatic rings. The lowest BCUT2D eigenvalue weighted by atomic mass is 9.94. The fourth-order valence-electron chi connectivity index (χ4n) is 4.63. The van der Waals surface area contributed by atoms with Crippen LogP contribution >= 0.6 is 0 Å². The summed E-state index contributed by atoms with van der Waals surface area (Å²) in [5.41, 5.74) is 3.40. The molecular formula is C29H33N3O2. The van der Waals surface area contributed by atoms with Gasteiger partial charge in [0.2, 0.25) is 5.91 Å². The van der Waals surface area contributed by atoms with Crippen LogP contribution in [0.5, 0.6) is 0 Å². The predicted molar refractivity (Wildman–Crippen MR) is 134 cm³/mol. The van der Waals surface area contributed by atoms with Crippen molar-refractivity contribution in [1.29, 1.82) is 0 Å². The normalized spacial score (nSPS) is 14.9. The molecule has 2 amide bonds. The van der Waals surface area contributed by atoms with Gasteiger partial charge in [-0.2, -0.15) is 0 Å². The number of aromatic nitrogens is 1. The Morgan fingerprint density at radius 1 is 0.941 bits per heavy atom. The summed E-state index contributed by atoms with van der Waals surface area (Å²) in [6.45, 7) is 2.43. The Morgan fingerprint density at radius 3 is 2.32 bits per heavy atom. The first-order chi connectivity index (χ1) is 16.6. The zero-order chi connectivity index (χ0) is 23.8. The number of aryl methyl sites for hydroxylation is 1. The van der Waals surface area contributed by atoms with Gasteiger partial charge >= 0.3 is 0 Å². The van der Waals surface area contributed by atoms with E-state index in [1.165, 1.54) is 6.42 Å². The van der Waals surface area contributed by atoms with E-state index in [1.807, 2.05) is 61.5 Å². The Balaban J connectivity index is 1.68. The largest absolute Gasteiger partial charge is 0.351 e. The van der Waals surface area contributed by atoms with Gasteiger partial charge in [0.1, 0.15) is 11.7 Å². The molecule has 176 valence electrons. The summed E-state index contributed by atoms with van der Waals surface area (Å²) in [6.07, 6.45) is 7.73. The Kier molecular flexibility index (Phi) is 8.08. The van der Waals surface area contributed by atoms with E-state index in [2.05, 4.69) is 10.3 Å². The summed E-state index contributed by atoms with van der Waals surface area (Å²) in [5.74, 6) is -0.353. The van der Waals surface area contributed by atoms with Crippen LogP contribution in [-0.2, 0) is 11.2 Å². The number of hydrogen-bond acceptors (Lipinski definition) is 3. The number of benzene rings is 2. The molecule has 34 heavy (non-hydrogen) atoms. The molecule has 2 aromatic carbocycles. The molecule has 1 saturated carbocycles. The molecule has 0 saturated heterocycles. The number of carbonyl (C=O) groups is 2. The van der Waals surface area contributed by atoms with Gasteiger partial charge in [-0.1, -0.05) is 85.5 Å². The second-order valence-corrected chi connectivity index (χ2v) is 9.11. The fourth-order valence-corrected chi connectivity index (χ4v) is 4.63. The van der Waals surface area contributed by atoms with Crippen LogP contribution in [0.25, 0.3) is 0 Å². The minimum atomic E-state index is -0.722. The Bertz CT molecular complexity index is 1060. The summed E-state index contributed by atoms with van der Waals surface area (Å²) in [7, 11) is 0. The second kappa shape index (κ2) is 11.6. The molecular weight excluding hydrogens is 422 g/mol. The van der Waals surface area contributed by atoms with Crippen LogP contribution in [0.2, 0.25) is 0 Å². The van der Waals surface area contributed by atoms with Gasteiger partial charge in [0.15, 0.2) is 0 Å². The van der Waals surface area contributed by atoms with Crippen molar-refractivity contribution in [3.05, 3.63) is 101 Å². The Morgan fingerprint density at radius 2 is 1.65 bits per heavy atom. The number of carbonyl (C=O) groups excluding carboxylic acids is 2. The molecule has 4 rings (SSSR count). The molecule has 1 N–H and O–H groups in total. The maximum absolute atomic E-state index is 13.8. The van der Waals surface area contributed by atoms with Gasteiger partial charge in [-0.15, -0.1) is 0 Å². The maximum Gasteiger partial charge on any atom is 0.273 e. The van der Waals surface area contributed by atoms with Gasteiger partial charge in [0.25, 0.3) is 5.91 Å². The summed E-state index contributed by atoms with van der Waals surface area (Å²) in [5, 5.41) is 3.26. The van der Waals surface area contributed by atoms with Crippen LogP contribution in [0.4, 0.5) is 0 Å². The molecule has 5 nitrogen and oxygen atoms in total. The van der Waals surface area contributed by atoms with E-state index in [0.717, 1.165) is 42.4 Å². The number of rotatable bonds is 8. The van der Waals surface area contributed by atoms with Crippen LogP contribution in [0.1, 0.15) is 65.3 Å². The van der Waals surface area contributed by atoms with Crippen molar-refractivity contribution in [3.8, 4) is 0 Å². The quantitative estimate of drug-likeness (QED) is 0.504. The second-order valence-electron chi connectivity index (χ2n) is 9.11. The van der Waals surface area contributed by atoms with Crippen LogP contribution in [0.15, 0.2) is 79.0 Å². The minimum absolute atomic E-state index is 0.118. The molecule has 0 unspecified atom stereocenters. The molecule has 0 aliphatic heterocycles. The van der Waals surface area contributed by atoms with E-state index in [4.69, 9.17) is 0 Å². The number of nitrogens with zero attached hydrogens (tertiary/aromatic N) is 2. The number of amides is 2. The highest BCUT2D eigenvalue weighted by Gasteiger charge is 2.33. The van der Waals surface area contributed by atoms with Crippen molar-refractivity contribution in [2.75, 3.05) is 6.54 Å². The van der Waals surface area contributed by atoms with Gasteiger partial charge in [-0.3, -0.25) is 14.6 Å². The summed E-state index contributed by atoms with van der Waals surface area (Å²) in [4.78, 5) is 33.5. The molecule has 1 atom stereocenters. The van der Waals surface area contributed by atoms with E-state index >= 15 is 0 Å². The third-order valence-corrected chi connectivity index (χ3v) is 6.53. The summed E-state index contributed by atoms with van der Waals surface area (Å²) in [6, 6.07) is 22.7. The van der Waals surface area contributed by atoms with E-state index < -0.39 is 6.04 Å². The van der Waals surface area contributed by atoms with E-state index in [-0.39, 0.29) is 17.9 Å². The van der Waals surface area contributed by atoms with Crippen molar-refractivity contribution in [3.63, 3.8) is 0 Å². The lowest BCUT2D eigenvalue weighted by molar-refractivity contribution is -0.126. The van der Waals surface area contributed by atoms with Crippen molar-refractivity contribution >= 4 is 11.8 Å². The zero-order valence-electron chi connectivity index (χ0n) is 19.8. The molecule has 1 aliphatic rings. The van der Waals surface area contributed by atoms with Gasteiger partial charge in [-0.25, -0.2) is 0 Å². The summed E-state index contributed by atoms with van der Waals surface area (Å²) < 4.78 is 0. The summed E-state index contributed by atoms with van der Waals surface area (Å²) >= 11 is 0. The average molecular weight is 456 g/mol. The lowest BCUT2D eigenvalue weighted by Crippen LogP contribution is -2.47. The van der Waals surface area contributed by atoms with Crippen LogP contribution in [-0.4, -0.2) is 34.3 Å². The highest BCUT2D eigenvalue weighted by molar-refractivity contribution is 5.96. The first-order valence-electron chi connectivity index (χ1n) is 12.2. The van der Waals surface area contributed by atoms with Crippen LogP contribution in [0.3, 0.4) is 0 Å². The Labute approximate surface area is 202 Å². The lowest BCUT2D eigenvalue weighted by Gasteiger charge is -2.33. The molecule has 1 aromatic heterocycles. The molecule has 0 spiro atoms. The monoisotopic (exact) mass is 455 g/mol. The highest BCUT2D eigenvalue weighted by atomic mass is 16.2. The first kappa shape index (κ1) is 23.7. The molecule has 0 radical (unpaired) electrons. The first-order valence-corrected chi connectivity index (χ1v) is 12.2.